The Labute approximate surface area is 309 Å². The summed E-state index contributed by atoms with van der Waals surface area (Å²) in [7, 11) is 0. The van der Waals surface area contributed by atoms with Crippen molar-refractivity contribution >= 4 is 60.2 Å². The molecule has 0 heterocycles. The lowest BCUT2D eigenvalue weighted by Crippen LogP contribution is -2.11. The quantitative estimate of drug-likeness (QED) is 0.159. The van der Waals surface area contributed by atoms with Crippen LogP contribution < -0.4 is 4.90 Å². The van der Waals surface area contributed by atoms with E-state index in [0.29, 0.717) is 0 Å². The molecule has 0 aliphatic carbocycles. The molecule has 0 unspecified atom stereocenters. The molecular formula is C52H35N. The fourth-order valence-corrected chi connectivity index (χ4v) is 8.11. The van der Waals surface area contributed by atoms with Crippen LogP contribution in [0.4, 0.5) is 17.1 Å². The van der Waals surface area contributed by atoms with Crippen molar-refractivity contribution in [1.29, 1.82) is 0 Å². The SMILES string of the molecule is c1ccc(-c2ccc(N(c3ccc(-c4ccccc4)cc3)c3ccccc3-c3cc4ccc5ccc6ccccc6c5c4c4ccccc34)cc2)cc1. The number of nitrogens with zero attached hydrogens (tertiary/aromatic N) is 1. The molecular weight excluding hydrogens is 639 g/mol. The maximum Gasteiger partial charge on any atom is 0.0540 e. The number of hydrogen-bond acceptors (Lipinski definition) is 1. The van der Waals surface area contributed by atoms with Gasteiger partial charge in [-0.25, -0.2) is 0 Å². The molecule has 0 aromatic heterocycles. The van der Waals surface area contributed by atoms with Gasteiger partial charge in [-0.3, -0.25) is 0 Å². The molecule has 10 aromatic carbocycles. The van der Waals surface area contributed by atoms with E-state index >= 15 is 0 Å². The lowest BCUT2D eigenvalue weighted by Gasteiger charge is -2.29. The highest BCUT2D eigenvalue weighted by Crippen LogP contribution is 2.46. The van der Waals surface area contributed by atoms with Crippen LogP contribution in [0.15, 0.2) is 212 Å². The van der Waals surface area contributed by atoms with Crippen molar-refractivity contribution in [2.24, 2.45) is 0 Å². The van der Waals surface area contributed by atoms with Gasteiger partial charge in [0.05, 0.1) is 5.69 Å². The normalized spacial score (nSPS) is 11.4. The van der Waals surface area contributed by atoms with Crippen LogP contribution in [0.25, 0.3) is 76.5 Å². The summed E-state index contributed by atoms with van der Waals surface area (Å²) in [4.78, 5) is 2.41. The first-order valence-electron chi connectivity index (χ1n) is 18.3. The first-order valence-corrected chi connectivity index (χ1v) is 18.3. The van der Waals surface area contributed by atoms with Crippen LogP contribution in [0.5, 0.6) is 0 Å². The summed E-state index contributed by atoms with van der Waals surface area (Å²) in [5.41, 5.74) is 10.5. The molecule has 0 saturated heterocycles. The Hall–Kier alpha value is -6.96. The third kappa shape index (κ3) is 5.42. The molecule has 10 aromatic rings. The Morgan fingerprint density at radius 3 is 1.36 bits per heavy atom. The molecule has 53 heavy (non-hydrogen) atoms. The van der Waals surface area contributed by atoms with E-state index in [2.05, 4.69) is 217 Å². The Morgan fingerprint density at radius 1 is 0.264 bits per heavy atom. The smallest absolute Gasteiger partial charge is 0.0540 e. The van der Waals surface area contributed by atoms with Gasteiger partial charge in [0.2, 0.25) is 0 Å². The van der Waals surface area contributed by atoms with E-state index in [9.17, 15) is 0 Å². The van der Waals surface area contributed by atoms with Crippen LogP contribution in [0, 0.1) is 0 Å². The highest BCUT2D eigenvalue weighted by molar-refractivity contribution is 6.29. The Bertz CT molecular complexity index is 2830. The fourth-order valence-electron chi connectivity index (χ4n) is 8.11. The van der Waals surface area contributed by atoms with E-state index < -0.39 is 0 Å². The predicted octanol–water partition coefficient (Wildman–Crippen LogP) is 14.8. The molecule has 0 aliphatic rings. The van der Waals surface area contributed by atoms with Crippen LogP contribution in [0.3, 0.4) is 0 Å². The average molecular weight is 674 g/mol. The zero-order chi connectivity index (χ0) is 35.1. The van der Waals surface area contributed by atoms with Crippen molar-refractivity contribution in [3.63, 3.8) is 0 Å². The largest absolute Gasteiger partial charge is 0.310 e. The molecule has 0 N–H and O–H groups in total. The van der Waals surface area contributed by atoms with E-state index in [-0.39, 0.29) is 0 Å². The lowest BCUT2D eigenvalue weighted by molar-refractivity contribution is 1.28. The molecule has 0 radical (unpaired) electrons. The first-order chi connectivity index (χ1) is 26.3. The van der Waals surface area contributed by atoms with Gasteiger partial charge >= 0.3 is 0 Å². The standard InChI is InChI=1S/C52H35N/c1-3-13-36(14-4-1)38-27-31-43(32-28-38)53(44-33-29-39(30-34-44)37-15-5-2-6-16-37)50-22-12-11-20-47(50)49-35-42-26-25-41-24-23-40-17-7-8-18-45(40)51(41)52(42)48-21-10-9-19-46(48)49/h1-35H. The summed E-state index contributed by atoms with van der Waals surface area (Å²) in [6.45, 7) is 0. The molecule has 0 fully saturated rings. The fraction of sp³-hybridized carbons (Fsp3) is 0. The third-order valence-electron chi connectivity index (χ3n) is 10.6. The number of hydrogen-bond donors (Lipinski definition) is 0. The molecule has 0 bridgehead atoms. The maximum absolute atomic E-state index is 2.41. The number of anilines is 3. The summed E-state index contributed by atoms with van der Waals surface area (Å²) in [6, 6.07) is 77.2. The Morgan fingerprint density at radius 2 is 0.717 bits per heavy atom. The Balaban J connectivity index is 1.20. The summed E-state index contributed by atoms with van der Waals surface area (Å²) >= 11 is 0. The summed E-state index contributed by atoms with van der Waals surface area (Å²) in [5, 5.41) is 10.2. The monoisotopic (exact) mass is 673 g/mol. The van der Waals surface area contributed by atoms with Gasteiger partial charge in [-0.05, 0) is 107 Å². The summed E-state index contributed by atoms with van der Waals surface area (Å²) in [6.07, 6.45) is 0. The summed E-state index contributed by atoms with van der Waals surface area (Å²) in [5.74, 6) is 0. The van der Waals surface area contributed by atoms with E-state index in [1.54, 1.807) is 0 Å². The Kier molecular flexibility index (Phi) is 7.55. The first kappa shape index (κ1) is 30.8. The van der Waals surface area contributed by atoms with Crippen LogP contribution in [0.2, 0.25) is 0 Å². The van der Waals surface area contributed by atoms with Gasteiger partial charge in [-0.15, -0.1) is 0 Å². The predicted molar refractivity (Wildman–Crippen MR) is 227 cm³/mol. The van der Waals surface area contributed by atoms with Crippen LogP contribution in [-0.4, -0.2) is 0 Å². The van der Waals surface area contributed by atoms with Gasteiger partial charge in [0.25, 0.3) is 0 Å². The highest BCUT2D eigenvalue weighted by atomic mass is 15.1. The van der Waals surface area contributed by atoms with Gasteiger partial charge in [-0.1, -0.05) is 176 Å². The molecule has 1 nitrogen and oxygen atoms in total. The summed E-state index contributed by atoms with van der Waals surface area (Å²) < 4.78 is 0. The second-order valence-corrected chi connectivity index (χ2v) is 13.7. The third-order valence-corrected chi connectivity index (χ3v) is 10.6. The molecule has 0 saturated carbocycles. The minimum Gasteiger partial charge on any atom is -0.310 e. The van der Waals surface area contributed by atoms with Crippen molar-refractivity contribution in [2.45, 2.75) is 0 Å². The molecule has 1 heteroatoms. The van der Waals surface area contributed by atoms with Gasteiger partial charge in [0.1, 0.15) is 0 Å². The molecule has 248 valence electrons. The zero-order valence-electron chi connectivity index (χ0n) is 29.2. The van der Waals surface area contributed by atoms with E-state index in [1.165, 1.54) is 76.5 Å². The van der Waals surface area contributed by atoms with Gasteiger partial charge < -0.3 is 4.90 Å². The van der Waals surface area contributed by atoms with E-state index in [1.807, 2.05) is 0 Å². The van der Waals surface area contributed by atoms with Crippen molar-refractivity contribution in [1.82, 2.24) is 0 Å². The maximum atomic E-state index is 2.41. The van der Waals surface area contributed by atoms with Crippen molar-refractivity contribution in [3.05, 3.63) is 212 Å². The molecule has 0 amide bonds. The zero-order valence-corrected chi connectivity index (χ0v) is 29.2. The van der Waals surface area contributed by atoms with Crippen molar-refractivity contribution in [3.8, 4) is 33.4 Å². The van der Waals surface area contributed by atoms with Crippen molar-refractivity contribution in [2.75, 3.05) is 4.90 Å². The average Bonchev–Trinajstić information content (AvgIpc) is 3.24. The van der Waals surface area contributed by atoms with Gasteiger partial charge in [0.15, 0.2) is 0 Å². The number of benzene rings is 10. The van der Waals surface area contributed by atoms with Gasteiger partial charge in [0, 0.05) is 16.9 Å². The minimum atomic E-state index is 1.10. The molecule has 0 spiro atoms. The number of fused-ring (bicyclic) bond motifs is 7. The second-order valence-electron chi connectivity index (χ2n) is 13.7. The lowest BCUT2D eigenvalue weighted by atomic mass is 9.88. The highest BCUT2D eigenvalue weighted by Gasteiger charge is 2.20. The van der Waals surface area contributed by atoms with Crippen LogP contribution in [-0.2, 0) is 0 Å². The molecule has 0 aliphatic heterocycles. The minimum absolute atomic E-state index is 1.10. The topological polar surface area (TPSA) is 3.24 Å². The number of para-hydroxylation sites is 1. The molecule has 0 atom stereocenters. The van der Waals surface area contributed by atoms with Crippen LogP contribution >= 0.6 is 0 Å². The second kappa shape index (κ2) is 13.0. The van der Waals surface area contributed by atoms with E-state index in [0.717, 1.165) is 17.1 Å². The van der Waals surface area contributed by atoms with E-state index in [4.69, 9.17) is 0 Å². The number of rotatable bonds is 6. The molecule has 10 rings (SSSR count). The van der Waals surface area contributed by atoms with Crippen molar-refractivity contribution < 1.29 is 0 Å². The van der Waals surface area contributed by atoms with Gasteiger partial charge in [-0.2, -0.15) is 0 Å². The van der Waals surface area contributed by atoms with Crippen LogP contribution in [0.1, 0.15) is 0 Å².